The first kappa shape index (κ1) is 15.6. The summed E-state index contributed by atoms with van der Waals surface area (Å²) in [5, 5.41) is 3.36. The fraction of sp³-hybridized carbons (Fsp3) is 0.533. The third-order valence-electron chi connectivity index (χ3n) is 4.03. The number of carbonyl (C=O) groups is 1. The molecule has 0 atom stereocenters. The quantitative estimate of drug-likeness (QED) is 0.317. The number of nitrogens with one attached hydrogen (secondary N) is 1. The molecular formula is C15H25N4O2+. The van der Waals surface area contributed by atoms with Gasteiger partial charge in [-0.3, -0.25) is 0 Å². The highest BCUT2D eigenvalue weighted by Crippen LogP contribution is 2.16. The molecule has 0 amide bonds. The topological polar surface area (TPSA) is 90.4 Å². The number of carbonyl (C=O) groups excluding carboxylic acids is 1. The molecule has 0 saturated carbocycles. The number of nitrogens with zero attached hydrogens (tertiary/aromatic N) is 1. The van der Waals surface area contributed by atoms with Gasteiger partial charge >= 0.3 is 5.97 Å². The minimum Gasteiger partial charge on any atom is -0.462 e. The Kier molecular flexibility index (Phi) is 5.03. The van der Waals surface area contributed by atoms with Crippen molar-refractivity contribution in [2.75, 3.05) is 57.8 Å². The number of piperazine rings is 1. The van der Waals surface area contributed by atoms with E-state index in [0.717, 1.165) is 43.6 Å². The van der Waals surface area contributed by atoms with E-state index < -0.39 is 0 Å². The number of quaternary nitrogens is 1. The molecule has 1 heterocycles. The van der Waals surface area contributed by atoms with Gasteiger partial charge in [0.1, 0.15) is 0 Å². The fourth-order valence-electron chi connectivity index (χ4n) is 2.61. The highest BCUT2D eigenvalue weighted by Gasteiger charge is 2.23. The number of hydrogen-bond acceptors (Lipinski definition) is 5. The van der Waals surface area contributed by atoms with Crippen LogP contribution in [0.25, 0.3) is 0 Å². The molecule has 1 fully saturated rings. The van der Waals surface area contributed by atoms with Crippen molar-refractivity contribution >= 4 is 17.3 Å². The molecule has 21 heavy (non-hydrogen) atoms. The van der Waals surface area contributed by atoms with Crippen LogP contribution in [0.4, 0.5) is 11.4 Å². The predicted molar refractivity (Wildman–Crippen MR) is 83.8 cm³/mol. The van der Waals surface area contributed by atoms with Gasteiger partial charge in [-0.25, -0.2) is 4.79 Å². The van der Waals surface area contributed by atoms with Crippen molar-refractivity contribution in [2.45, 2.75) is 6.42 Å². The molecule has 1 aliphatic heterocycles. The Morgan fingerprint density at radius 2 is 2.05 bits per heavy atom. The van der Waals surface area contributed by atoms with Gasteiger partial charge in [-0.2, -0.15) is 0 Å². The van der Waals surface area contributed by atoms with Crippen LogP contribution in [-0.4, -0.2) is 56.8 Å². The second kappa shape index (κ2) is 6.78. The Hall–Kier alpha value is -1.79. The van der Waals surface area contributed by atoms with Gasteiger partial charge in [0.15, 0.2) is 0 Å². The van der Waals surface area contributed by atoms with Crippen molar-refractivity contribution in [3.8, 4) is 0 Å². The maximum Gasteiger partial charge on any atom is 0.340 e. The van der Waals surface area contributed by atoms with Crippen molar-refractivity contribution in [3.05, 3.63) is 23.8 Å². The first-order valence-corrected chi connectivity index (χ1v) is 7.37. The van der Waals surface area contributed by atoms with Crippen LogP contribution in [0.1, 0.15) is 16.8 Å². The average molecular weight is 293 g/mol. The highest BCUT2D eigenvalue weighted by molar-refractivity contribution is 5.95. The maximum absolute atomic E-state index is 11.9. The monoisotopic (exact) mass is 293 g/mol. The Morgan fingerprint density at radius 3 is 2.71 bits per heavy atom. The minimum atomic E-state index is -0.379. The molecule has 2 rings (SSSR count). The van der Waals surface area contributed by atoms with E-state index in [9.17, 15) is 4.79 Å². The Balaban J connectivity index is 1.76. The summed E-state index contributed by atoms with van der Waals surface area (Å²) in [6.07, 6.45) is 0.858. The molecule has 1 saturated heterocycles. The Morgan fingerprint density at radius 1 is 1.33 bits per heavy atom. The summed E-state index contributed by atoms with van der Waals surface area (Å²) in [7, 11) is 2.25. The number of nitrogen functional groups attached to an aromatic ring is 2. The van der Waals surface area contributed by atoms with Gasteiger partial charge < -0.3 is 26.0 Å². The van der Waals surface area contributed by atoms with E-state index in [1.165, 1.54) is 0 Å². The molecule has 6 nitrogen and oxygen atoms in total. The van der Waals surface area contributed by atoms with E-state index in [2.05, 4.69) is 12.4 Å². The van der Waals surface area contributed by atoms with E-state index in [0.29, 0.717) is 23.5 Å². The van der Waals surface area contributed by atoms with E-state index in [1.54, 1.807) is 18.2 Å². The van der Waals surface area contributed by atoms with Crippen molar-refractivity contribution in [3.63, 3.8) is 0 Å². The number of likely N-dealkylation sites (N-methyl/N-ethyl adjacent to an activating group) is 1. The lowest BCUT2D eigenvalue weighted by Gasteiger charge is -2.38. The van der Waals surface area contributed by atoms with Crippen LogP contribution in [0.15, 0.2) is 18.2 Å². The van der Waals surface area contributed by atoms with E-state index in [4.69, 9.17) is 16.2 Å². The number of hydrogen-bond donors (Lipinski definition) is 3. The molecule has 6 heteroatoms. The molecule has 0 aromatic heterocycles. The molecule has 0 unspecified atom stereocenters. The van der Waals surface area contributed by atoms with Crippen LogP contribution < -0.4 is 16.8 Å². The number of benzene rings is 1. The summed E-state index contributed by atoms with van der Waals surface area (Å²) in [5.74, 6) is -0.379. The maximum atomic E-state index is 11.9. The lowest BCUT2D eigenvalue weighted by Crippen LogP contribution is -2.56. The lowest BCUT2D eigenvalue weighted by atomic mass is 10.1. The van der Waals surface area contributed by atoms with Crippen LogP contribution in [0, 0.1) is 0 Å². The molecule has 0 aliphatic carbocycles. The van der Waals surface area contributed by atoms with Gasteiger partial charge in [-0.1, -0.05) is 0 Å². The second-order valence-corrected chi connectivity index (χ2v) is 5.88. The van der Waals surface area contributed by atoms with Gasteiger partial charge in [-0.05, 0) is 18.2 Å². The Labute approximate surface area is 125 Å². The van der Waals surface area contributed by atoms with Crippen LogP contribution in [-0.2, 0) is 4.74 Å². The zero-order valence-electron chi connectivity index (χ0n) is 12.6. The Bertz CT molecular complexity index is 498. The molecule has 0 bridgehead atoms. The van der Waals surface area contributed by atoms with Gasteiger partial charge in [0.25, 0.3) is 0 Å². The smallest absolute Gasteiger partial charge is 0.340 e. The van der Waals surface area contributed by atoms with Crippen LogP contribution >= 0.6 is 0 Å². The summed E-state index contributed by atoms with van der Waals surface area (Å²) in [6.45, 7) is 5.80. The van der Waals surface area contributed by atoms with Crippen molar-refractivity contribution < 1.29 is 14.0 Å². The van der Waals surface area contributed by atoms with Crippen LogP contribution in [0.2, 0.25) is 0 Å². The molecule has 5 N–H and O–H groups in total. The van der Waals surface area contributed by atoms with Gasteiger partial charge in [0.2, 0.25) is 0 Å². The lowest BCUT2D eigenvalue weighted by molar-refractivity contribution is -0.911. The number of ether oxygens (including phenoxy) is 1. The fourth-order valence-corrected chi connectivity index (χ4v) is 2.61. The zero-order valence-corrected chi connectivity index (χ0v) is 12.6. The predicted octanol–water partition coefficient (Wildman–Crippen LogP) is 0.448. The number of rotatable bonds is 5. The second-order valence-electron chi connectivity index (χ2n) is 5.88. The van der Waals surface area contributed by atoms with Gasteiger partial charge in [-0.15, -0.1) is 0 Å². The zero-order chi connectivity index (χ0) is 15.3. The van der Waals surface area contributed by atoms with Crippen LogP contribution in [0.5, 0.6) is 0 Å². The molecule has 116 valence electrons. The summed E-state index contributed by atoms with van der Waals surface area (Å²) >= 11 is 0. The van der Waals surface area contributed by atoms with E-state index in [-0.39, 0.29) is 5.97 Å². The average Bonchev–Trinajstić information content (AvgIpc) is 2.44. The first-order chi connectivity index (χ1) is 10.0. The number of anilines is 2. The molecule has 0 radical (unpaired) electrons. The third kappa shape index (κ3) is 4.34. The van der Waals surface area contributed by atoms with Gasteiger partial charge in [0, 0.05) is 30.9 Å². The molecular weight excluding hydrogens is 268 g/mol. The SMILES string of the molecule is C[N+]1(CCCOC(=O)c2ccc(N)cc2N)CCNCC1. The van der Waals surface area contributed by atoms with E-state index >= 15 is 0 Å². The van der Waals surface area contributed by atoms with Crippen LogP contribution in [0.3, 0.4) is 0 Å². The van der Waals surface area contributed by atoms with E-state index in [1.807, 2.05) is 0 Å². The van der Waals surface area contributed by atoms with Crippen molar-refractivity contribution in [1.82, 2.24) is 5.32 Å². The third-order valence-corrected chi connectivity index (χ3v) is 4.03. The summed E-state index contributed by atoms with van der Waals surface area (Å²) in [6, 6.07) is 4.83. The normalized spacial score (nSPS) is 17.4. The largest absolute Gasteiger partial charge is 0.462 e. The molecule has 0 spiro atoms. The van der Waals surface area contributed by atoms with Gasteiger partial charge in [0.05, 0.1) is 38.9 Å². The summed E-state index contributed by atoms with van der Waals surface area (Å²) in [5.41, 5.74) is 12.7. The molecule has 1 aromatic rings. The van der Waals surface area contributed by atoms with Crippen molar-refractivity contribution in [1.29, 1.82) is 0 Å². The minimum absolute atomic E-state index is 0.362. The summed E-state index contributed by atoms with van der Waals surface area (Å²) < 4.78 is 6.34. The molecule has 1 aromatic carbocycles. The number of esters is 1. The highest BCUT2D eigenvalue weighted by atomic mass is 16.5. The summed E-state index contributed by atoms with van der Waals surface area (Å²) in [4.78, 5) is 11.9. The number of nitrogens with two attached hydrogens (primary N) is 2. The first-order valence-electron chi connectivity index (χ1n) is 7.37. The molecule has 1 aliphatic rings. The van der Waals surface area contributed by atoms with Crippen molar-refractivity contribution in [2.24, 2.45) is 0 Å². The standard InChI is InChI=1S/C15H24N4O2/c1-19(8-5-18-6-9-19)7-2-10-21-15(20)13-4-3-12(16)11-14(13)17/h3-4,11,18H,2,5-10H2,1H3,(H3-,16,17,20)/p+1.